The van der Waals surface area contributed by atoms with Crippen molar-refractivity contribution in [3.63, 3.8) is 0 Å². The largest absolute Gasteiger partial charge is 0.392 e. The van der Waals surface area contributed by atoms with Crippen molar-refractivity contribution in [2.24, 2.45) is 0 Å². The van der Waals surface area contributed by atoms with Crippen LogP contribution in [0.1, 0.15) is 12.5 Å². The number of nitrogens with one attached hydrogen (secondary N) is 3. The first-order valence-corrected chi connectivity index (χ1v) is 6.56. The van der Waals surface area contributed by atoms with Gasteiger partial charge in [-0.3, -0.25) is 0 Å². The van der Waals surface area contributed by atoms with Gasteiger partial charge in [-0.15, -0.1) is 0 Å². The van der Waals surface area contributed by atoms with Crippen LogP contribution < -0.4 is 16.0 Å². The molecule has 0 radical (unpaired) electrons. The van der Waals surface area contributed by atoms with Crippen molar-refractivity contribution in [2.45, 2.75) is 20.0 Å². The topological polar surface area (TPSA) is 73.4 Å². The highest BCUT2D eigenvalue weighted by Crippen LogP contribution is 2.19. The molecule has 0 saturated carbocycles. The summed E-state index contributed by atoms with van der Waals surface area (Å²) in [5, 5.41) is 18.1. The lowest BCUT2D eigenvalue weighted by Crippen LogP contribution is -2.36. The fourth-order valence-electron chi connectivity index (χ4n) is 1.42. The molecule has 0 heterocycles. The maximum atomic E-state index is 11.6. The van der Waals surface area contributed by atoms with Crippen molar-refractivity contribution in [1.29, 1.82) is 0 Å². The molecular formula is C13H20ClN3O2. The van der Waals surface area contributed by atoms with E-state index in [4.69, 9.17) is 16.7 Å². The van der Waals surface area contributed by atoms with Gasteiger partial charge in [0, 0.05) is 30.3 Å². The minimum Gasteiger partial charge on any atom is -0.392 e. The van der Waals surface area contributed by atoms with E-state index in [1.54, 1.807) is 19.1 Å². The molecule has 1 rings (SSSR count). The number of amides is 2. The van der Waals surface area contributed by atoms with E-state index in [-0.39, 0.29) is 12.1 Å². The highest BCUT2D eigenvalue weighted by Gasteiger charge is 2.03. The van der Waals surface area contributed by atoms with Crippen LogP contribution in [-0.4, -0.2) is 36.9 Å². The number of carbonyl (C=O) groups is 1. The van der Waals surface area contributed by atoms with E-state index in [1.165, 1.54) is 0 Å². The molecule has 19 heavy (non-hydrogen) atoms. The Morgan fingerprint density at radius 1 is 1.42 bits per heavy atom. The summed E-state index contributed by atoms with van der Waals surface area (Å²) in [4.78, 5) is 11.6. The Morgan fingerprint density at radius 3 is 2.79 bits per heavy atom. The van der Waals surface area contributed by atoms with Crippen LogP contribution in [0.2, 0.25) is 5.02 Å². The van der Waals surface area contributed by atoms with E-state index in [0.29, 0.717) is 30.3 Å². The van der Waals surface area contributed by atoms with Gasteiger partial charge >= 0.3 is 6.03 Å². The molecule has 0 bridgehead atoms. The van der Waals surface area contributed by atoms with Crippen molar-refractivity contribution < 1.29 is 9.90 Å². The molecular weight excluding hydrogens is 266 g/mol. The van der Waals surface area contributed by atoms with Crippen LogP contribution in [0.3, 0.4) is 0 Å². The number of aryl methyl sites for hydroxylation is 1. The molecule has 0 spiro atoms. The fraction of sp³-hybridized carbons (Fsp3) is 0.462. The van der Waals surface area contributed by atoms with Gasteiger partial charge in [-0.25, -0.2) is 4.79 Å². The van der Waals surface area contributed by atoms with Crippen molar-refractivity contribution in [1.82, 2.24) is 10.6 Å². The highest BCUT2D eigenvalue weighted by molar-refractivity contribution is 6.31. The quantitative estimate of drug-likeness (QED) is 0.602. The summed E-state index contributed by atoms with van der Waals surface area (Å²) in [6, 6.07) is 5.08. The normalized spacial score (nSPS) is 12.0. The Balaban J connectivity index is 2.25. The minimum absolute atomic E-state index is 0.279. The molecule has 6 heteroatoms. The maximum Gasteiger partial charge on any atom is 0.319 e. The molecule has 4 N–H and O–H groups in total. The molecule has 1 unspecified atom stereocenters. The first-order valence-electron chi connectivity index (χ1n) is 6.19. The third-order valence-electron chi connectivity index (χ3n) is 2.46. The summed E-state index contributed by atoms with van der Waals surface area (Å²) >= 11 is 5.97. The number of aliphatic hydroxyl groups is 1. The molecule has 5 nitrogen and oxygen atoms in total. The number of halogens is 1. The van der Waals surface area contributed by atoms with Gasteiger partial charge in [-0.05, 0) is 31.5 Å². The second-order valence-electron chi connectivity index (χ2n) is 4.40. The van der Waals surface area contributed by atoms with Crippen LogP contribution in [0.25, 0.3) is 0 Å². The van der Waals surface area contributed by atoms with Gasteiger partial charge in [0.1, 0.15) is 0 Å². The molecule has 0 aliphatic carbocycles. The summed E-state index contributed by atoms with van der Waals surface area (Å²) < 4.78 is 0. The minimum atomic E-state index is -0.386. The summed E-state index contributed by atoms with van der Waals surface area (Å²) in [5.41, 5.74) is 1.62. The number of urea groups is 1. The zero-order valence-electron chi connectivity index (χ0n) is 11.2. The lowest BCUT2D eigenvalue weighted by molar-refractivity contribution is 0.191. The van der Waals surface area contributed by atoms with Gasteiger partial charge < -0.3 is 21.1 Å². The average Bonchev–Trinajstić information content (AvgIpc) is 2.33. The van der Waals surface area contributed by atoms with Crippen LogP contribution in [-0.2, 0) is 0 Å². The summed E-state index contributed by atoms with van der Waals surface area (Å²) in [6.45, 7) is 5.20. The summed E-state index contributed by atoms with van der Waals surface area (Å²) in [6.07, 6.45) is -0.386. The number of aliphatic hydroxyl groups excluding tert-OH is 1. The fourth-order valence-corrected chi connectivity index (χ4v) is 1.60. The molecule has 0 aromatic heterocycles. The Labute approximate surface area is 118 Å². The lowest BCUT2D eigenvalue weighted by atomic mass is 10.2. The number of carbonyl (C=O) groups excluding carboxylic acids is 1. The molecule has 106 valence electrons. The van der Waals surface area contributed by atoms with Gasteiger partial charge in [-0.2, -0.15) is 0 Å². The third kappa shape index (κ3) is 6.42. The molecule has 1 aromatic rings. The number of benzene rings is 1. The Hall–Kier alpha value is -1.30. The first-order chi connectivity index (χ1) is 8.99. The van der Waals surface area contributed by atoms with Crippen LogP contribution in [0.5, 0.6) is 0 Å². The van der Waals surface area contributed by atoms with Crippen molar-refractivity contribution >= 4 is 23.3 Å². The van der Waals surface area contributed by atoms with E-state index in [9.17, 15) is 4.79 Å². The highest BCUT2D eigenvalue weighted by atomic mass is 35.5. The smallest absolute Gasteiger partial charge is 0.319 e. The molecule has 0 aliphatic rings. The van der Waals surface area contributed by atoms with Crippen LogP contribution in [0.15, 0.2) is 18.2 Å². The maximum absolute atomic E-state index is 11.6. The van der Waals surface area contributed by atoms with Crippen LogP contribution in [0, 0.1) is 6.92 Å². The monoisotopic (exact) mass is 285 g/mol. The SMILES string of the molecule is Cc1ccc(NC(=O)NCCNCC(C)O)cc1Cl. The van der Waals surface area contributed by atoms with Gasteiger partial charge in [0.15, 0.2) is 0 Å². The van der Waals surface area contributed by atoms with Gasteiger partial charge in [0.25, 0.3) is 0 Å². The second kappa shape index (κ2) is 7.99. The van der Waals surface area contributed by atoms with E-state index in [1.807, 2.05) is 13.0 Å². The standard InChI is InChI=1S/C13H20ClN3O2/c1-9-3-4-11(7-12(9)14)17-13(19)16-6-5-15-8-10(2)18/h3-4,7,10,15,18H,5-6,8H2,1-2H3,(H2,16,17,19). The predicted molar refractivity (Wildman–Crippen MR) is 77.8 cm³/mol. The van der Waals surface area contributed by atoms with E-state index < -0.39 is 0 Å². The average molecular weight is 286 g/mol. The number of rotatable bonds is 6. The Bertz CT molecular complexity index is 424. The number of hydrogen-bond acceptors (Lipinski definition) is 3. The first kappa shape index (κ1) is 15.8. The molecule has 0 aliphatic heterocycles. The van der Waals surface area contributed by atoms with Crippen LogP contribution >= 0.6 is 11.6 Å². The van der Waals surface area contributed by atoms with Crippen molar-refractivity contribution in [2.75, 3.05) is 25.0 Å². The second-order valence-corrected chi connectivity index (χ2v) is 4.81. The Kier molecular flexibility index (Phi) is 6.62. The number of anilines is 1. The lowest BCUT2D eigenvalue weighted by Gasteiger charge is -2.10. The van der Waals surface area contributed by atoms with E-state index in [0.717, 1.165) is 5.56 Å². The van der Waals surface area contributed by atoms with Gasteiger partial charge in [0.2, 0.25) is 0 Å². The van der Waals surface area contributed by atoms with Gasteiger partial charge in [0.05, 0.1) is 6.10 Å². The third-order valence-corrected chi connectivity index (χ3v) is 2.86. The van der Waals surface area contributed by atoms with Crippen molar-refractivity contribution in [3.05, 3.63) is 28.8 Å². The van der Waals surface area contributed by atoms with Crippen molar-refractivity contribution in [3.8, 4) is 0 Å². The zero-order chi connectivity index (χ0) is 14.3. The molecule has 2 amide bonds. The van der Waals surface area contributed by atoms with E-state index >= 15 is 0 Å². The Morgan fingerprint density at radius 2 is 2.16 bits per heavy atom. The molecule has 1 atom stereocenters. The molecule has 0 fully saturated rings. The number of hydrogen-bond donors (Lipinski definition) is 4. The van der Waals surface area contributed by atoms with Gasteiger partial charge in [-0.1, -0.05) is 17.7 Å². The van der Waals surface area contributed by atoms with Crippen LogP contribution in [0.4, 0.5) is 10.5 Å². The molecule has 0 saturated heterocycles. The zero-order valence-corrected chi connectivity index (χ0v) is 11.9. The summed E-state index contributed by atoms with van der Waals surface area (Å²) in [7, 11) is 0. The summed E-state index contributed by atoms with van der Waals surface area (Å²) in [5.74, 6) is 0. The predicted octanol–water partition coefficient (Wildman–Crippen LogP) is 1.74. The molecule has 1 aromatic carbocycles. The van der Waals surface area contributed by atoms with E-state index in [2.05, 4.69) is 16.0 Å².